The lowest BCUT2D eigenvalue weighted by Gasteiger charge is -2.34. The van der Waals surface area contributed by atoms with E-state index in [0.29, 0.717) is 12.1 Å². The number of nitrogens with zero attached hydrogens (tertiary/aromatic N) is 2. The lowest BCUT2D eigenvalue weighted by Crippen LogP contribution is -2.48. The van der Waals surface area contributed by atoms with Crippen molar-refractivity contribution < 1.29 is 0 Å². The van der Waals surface area contributed by atoms with Crippen molar-refractivity contribution >= 4 is 11.3 Å². The topological polar surface area (TPSA) is 28.2 Å². The van der Waals surface area contributed by atoms with Gasteiger partial charge in [-0.25, -0.2) is 4.98 Å². The zero-order valence-corrected chi connectivity index (χ0v) is 11.7. The summed E-state index contributed by atoms with van der Waals surface area (Å²) < 4.78 is 0. The van der Waals surface area contributed by atoms with Crippen molar-refractivity contribution in [3.05, 3.63) is 16.6 Å². The molecule has 1 aromatic rings. The molecular weight excluding hydrogens is 230 g/mol. The van der Waals surface area contributed by atoms with Crippen molar-refractivity contribution in [2.75, 3.05) is 19.6 Å². The number of hydrogen-bond acceptors (Lipinski definition) is 4. The standard InChI is InChI=1S/C13H23N3S/c1-11(2)15-12-4-3-7-16(10-12)8-5-13-14-6-9-17-13/h6,9,11-12,15H,3-5,7-8,10H2,1-2H3. The minimum absolute atomic E-state index is 0.596. The lowest BCUT2D eigenvalue weighted by atomic mass is 10.0. The van der Waals surface area contributed by atoms with E-state index in [9.17, 15) is 0 Å². The Labute approximate surface area is 108 Å². The summed E-state index contributed by atoms with van der Waals surface area (Å²) in [5.74, 6) is 0. The summed E-state index contributed by atoms with van der Waals surface area (Å²) in [6.07, 6.45) is 5.65. The van der Waals surface area contributed by atoms with E-state index in [1.165, 1.54) is 30.9 Å². The van der Waals surface area contributed by atoms with Gasteiger partial charge in [0.15, 0.2) is 0 Å². The van der Waals surface area contributed by atoms with E-state index >= 15 is 0 Å². The molecule has 0 aromatic carbocycles. The average Bonchev–Trinajstić information content (AvgIpc) is 2.79. The Balaban J connectivity index is 1.73. The van der Waals surface area contributed by atoms with Crippen molar-refractivity contribution in [1.82, 2.24) is 15.2 Å². The summed E-state index contributed by atoms with van der Waals surface area (Å²) in [6, 6.07) is 1.28. The number of aromatic nitrogens is 1. The van der Waals surface area contributed by atoms with E-state index in [2.05, 4.69) is 34.4 Å². The average molecular weight is 253 g/mol. The van der Waals surface area contributed by atoms with Crippen LogP contribution in [0.1, 0.15) is 31.7 Å². The zero-order valence-electron chi connectivity index (χ0n) is 10.9. The predicted molar refractivity (Wildman–Crippen MR) is 73.6 cm³/mol. The Bertz CT molecular complexity index is 310. The number of rotatable bonds is 5. The summed E-state index contributed by atoms with van der Waals surface area (Å²) in [5, 5.41) is 6.98. The van der Waals surface area contributed by atoms with Gasteiger partial charge in [0.2, 0.25) is 0 Å². The van der Waals surface area contributed by atoms with Gasteiger partial charge in [-0.1, -0.05) is 13.8 Å². The molecule has 0 amide bonds. The molecule has 1 aliphatic heterocycles. The van der Waals surface area contributed by atoms with Gasteiger partial charge in [0.05, 0.1) is 5.01 Å². The first-order chi connectivity index (χ1) is 8.24. The Kier molecular flexibility index (Phi) is 4.95. The van der Waals surface area contributed by atoms with Gasteiger partial charge in [0.25, 0.3) is 0 Å². The van der Waals surface area contributed by atoms with Crippen molar-refractivity contribution in [2.45, 2.75) is 45.2 Å². The third-order valence-electron chi connectivity index (χ3n) is 3.20. The maximum absolute atomic E-state index is 4.34. The predicted octanol–water partition coefficient (Wildman–Crippen LogP) is 2.15. The third-order valence-corrected chi connectivity index (χ3v) is 4.04. The molecule has 1 unspecified atom stereocenters. The molecule has 1 fully saturated rings. The highest BCUT2D eigenvalue weighted by Gasteiger charge is 2.19. The summed E-state index contributed by atoms with van der Waals surface area (Å²) in [4.78, 5) is 6.92. The first-order valence-corrected chi connectivity index (χ1v) is 7.49. The van der Waals surface area contributed by atoms with Crippen LogP contribution in [-0.2, 0) is 6.42 Å². The van der Waals surface area contributed by atoms with E-state index in [1.807, 2.05) is 6.20 Å². The lowest BCUT2D eigenvalue weighted by molar-refractivity contribution is 0.187. The van der Waals surface area contributed by atoms with Crippen LogP contribution in [0, 0.1) is 0 Å². The first-order valence-electron chi connectivity index (χ1n) is 6.61. The largest absolute Gasteiger partial charge is 0.311 e. The van der Waals surface area contributed by atoms with Crippen LogP contribution in [0.2, 0.25) is 0 Å². The maximum Gasteiger partial charge on any atom is 0.0937 e. The summed E-state index contributed by atoms with van der Waals surface area (Å²) in [6.45, 7) is 8.07. The molecule has 2 rings (SSSR count). The van der Waals surface area contributed by atoms with E-state index in [0.717, 1.165) is 13.0 Å². The molecule has 0 spiro atoms. The number of nitrogens with one attached hydrogen (secondary N) is 1. The van der Waals surface area contributed by atoms with Gasteiger partial charge in [-0.3, -0.25) is 0 Å². The molecule has 1 aromatic heterocycles. The van der Waals surface area contributed by atoms with Crippen LogP contribution < -0.4 is 5.32 Å². The smallest absolute Gasteiger partial charge is 0.0937 e. The van der Waals surface area contributed by atoms with Gasteiger partial charge in [0, 0.05) is 43.2 Å². The molecule has 1 saturated heterocycles. The minimum Gasteiger partial charge on any atom is -0.311 e. The van der Waals surface area contributed by atoms with E-state index in [-0.39, 0.29) is 0 Å². The van der Waals surface area contributed by atoms with Gasteiger partial charge in [-0.15, -0.1) is 11.3 Å². The molecule has 0 aliphatic carbocycles. The monoisotopic (exact) mass is 253 g/mol. The fourth-order valence-electron chi connectivity index (χ4n) is 2.50. The Morgan fingerprint density at radius 3 is 3.18 bits per heavy atom. The van der Waals surface area contributed by atoms with E-state index in [4.69, 9.17) is 0 Å². The summed E-state index contributed by atoms with van der Waals surface area (Å²) in [5.41, 5.74) is 0. The Hall–Kier alpha value is -0.450. The quantitative estimate of drug-likeness (QED) is 0.871. The zero-order chi connectivity index (χ0) is 12.1. The Morgan fingerprint density at radius 1 is 1.59 bits per heavy atom. The van der Waals surface area contributed by atoms with Crippen LogP contribution in [0.4, 0.5) is 0 Å². The van der Waals surface area contributed by atoms with Crippen LogP contribution >= 0.6 is 11.3 Å². The van der Waals surface area contributed by atoms with Crippen LogP contribution in [0.25, 0.3) is 0 Å². The third kappa shape index (κ3) is 4.37. The molecule has 1 aliphatic rings. The minimum atomic E-state index is 0.596. The molecule has 0 radical (unpaired) electrons. The van der Waals surface area contributed by atoms with Gasteiger partial charge < -0.3 is 10.2 Å². The van der Waals surface area contributed by atoms with E-state index < -0.39 is 0 Å². The fourth-order valence-corrected chi connectivity index (χ4v) is 3.11. The number of thiazole rings is 1. The van der Waals surface area contributed by atoms with Crippen molar-refractivity contribution in [2.24, 2.45) is 0 Å². The SMILES string of the molecule is CC(C)NC1CCCN(CCc2nccs2)C1. The summed E-state index contributed by atoms with van der Waals surface area (Å²) in [7, 11) is 0. The molecule has 0 bridgehead atoms. The molecule has 96 valence electrons. The van der Waals surface area contributed by atoms with Gasteiger partial charge in [0.1, 0.15) is 0 Å². The van der Waals surface area contributed by atoms with Crippen LogP contribution in [0.3, 0.4) is 0 Å². The van der Waals surface area contributed by atoms with Gasteiger partial charge in [-0.2, -0.15) is 0 Å². The Morgan fingerprint density at radius 2 is 2.47 bits per heavy atom. The first kappa shape index (κ1) is 13.0. The molecule has 17 heavy (non-hydrogen) atoms. The number of hydrogen-bond donors (Lipinski definition) is 1. The molecule has 1 atom stereocenters. The second-order valence-electron chi connectivity index (χ2n) is 5.14. The van der Waals surface area contributed by atoms with Crippen LogP contribution in [0.5, 0.6) is 0 Å². The normalized spacial score (nSPS) is 22.2. The molecule has 0 saturated carbocycles. The molecule has 3 nitrogen and oxygen atoms in total. The molecular formula is C13H23N3S. The second-order valence-corrected chi connectivity index (χ2v) is 6.12. The van der Waals surface area contributed by atoms with Crippen LogP contribution in [0.15, 0.2) is 11.6 Å². The van der Waals surface area contributed by atoms with Crippen molar-refractivity contribution in [1.29, 1.82) is 0 Å². The van der Waals surface area contributed by atoms with Crippen LogP contribution in [-0.4, -0.2) is 41.6 Å². The highest BCUT2D eigenvalue weighted by molar-refractivity contribution is 7.09. The second kappa shape index (κ2) is 6.47. The maximum atomic E-state index is 4.34. The fraction of sp³-hybridized carbons (Fsp3) is 0.769. The molecule has 4 heteroatoms. The van der Waals surface area contributed by atoms with Crippen molar-refractivity contribution in [3.63, 3.8) is 0 Å². The number of piperidine rings is 1. The van der Waals surface area contributed by atoms with E-state index in [1.54, 1.807) is 11.3 Å². The summed E-state index contributed by atoms with van der Waals surface area (Å²) >= 11 is 1.77. The highest BCUT2D eigenvalue weighted by Crippen LogP contribution is 2.12. The molecule has 2 heterocycles. The van der Waals surface area contributed by atoms with Crippen molar-refractivity contribution in [3.8, 4) is 0 Å². The number of likely N-dealkylation sites (tertiary alicyclic amines) is 1. The van der Waals surface area contributed by atoms with Gasteiger partial charge >= 0.3 is 0 Å². The highest BCUT2D eigenvalue weighted by atomic mass is 32.1. The van der Waals surface area contributed by atoms with Gasteiger partial charge in [-0.05, 0) is 19.4 Å². The molecule has 1 N–H and O–H groups in total.